The Balaban J connectivity index is 1.93. The van der Waals surface area contributed by atoms with Crippen LogP contribution in [0.2, 0.25) is 0 Å². The van der Waals surface area contributed by atoms with Crippen molar-refractivity contribution in [1.82, 2.24) is 14.6 Å². The molecule has 0 saturated carbocycles. The third-order valence-corrected chi connectivity index (χ3v) is 5.91. The van der Waals surface area contributed by atoms with Crippen LogP contribution >= 0.6 is 0 Å². The predicted molar refractivity (Wildman–Crippen MR) is 138 cm³/mol. The van der Waals surface area contributed by atoms with Gasteiger partial charge in [0.1, 0.15) is 28.6 Å². The Hall–Kier alpha value is -3.80. The van der Waals surface area contributed by atoms with Gasteiger partial charge in [0, 0.05) is 18.3 Å². The Labute approximate surface area is 211 Å². The Morgan fingerprint density at radius 1 is 1.28 bits per heavy atom. The maximum Gasteiger partial charge on any atom is 0.343 e. The van der Waals surface area contributed by atoms with Crippen LogP contribution < -0.4 is 10.1 Å². The molecule has 0 aliphatic carbocycles. The van der Waals surface area contributed by atoms with E-state index in [1.165, 1.54) is 10.7 Å². The fraction of sp³-hybridized carbons (Fsp3) is 0.481. The zero-order valence-corrected chi connectivity index (χ0v) is 21.9. The van der Waals surface area contributed by atoms with E-state index >= 15 is 0 Å². The highest BCUT2D eigenvalue weighted by Gasteiger charge is 2.27. The van der Waals surface area contributed by atoms with Crippen molar-refractivity contribution in [2.45, 2.75) is 72.3 Å². The fourth-order valence-corrected chi connectivity index (χ4v) is 4.07. The molecule has 1 amide bonds. The molecule has 2 N–H and O–H groups in total. The van der Waals surface area contributed by atoms with E-state index in [0.29, 0.717) is 40.8 Å². The lowest BCUT2D eigenvalue weighted by Gasteiger charge is -2.19. The van der Waals surface area contributed by atoms with Gasteiger partial charge in [-0.05, 0) is 51.3 Å². The van der Waals surface area contributed by atoms with E-state index in [0.717, 1.165) is 25.7 Å². The van der Waals surface area contributed by atoms with E-state index in [2.05, 4.69) is 29.2 Å². The van der Waals surface area contributed by atoms with Crippen LogP contribution in [0, 0.1) is 17.2 Å². The summed E-state index contributed by atoms with van der Waals surface area (Å²) in [7, 11) is 1.55. The molecule has 0 aliphatic heterocycles. The smallest absolute Gasteiger partial charge is 0.343 e. The summed E-state index contributed by atoms with van der Waals surface area (Å²) in [5.41, 5.74) is 1.12. The number of hydrogen-bond acceptors (Lipinski definition) is 6. The number of carbonyl (C=O) groups excluding carboxylic acids is 2. The highest BCUT2D eigenvalue weighted by atomic mass is 16.6. The first-order valence-electron chi connectivity index (χ1n) is 12.3. The van der Waals surface area contributed by atoms with Gasteiger partial charge in [-0.25, -0.2) is 9.31 Å². The van der Waals surface area contributed by atoms with Crippen LogP contribution in [0.25, 0.3) is 17.0 Å². The topological polar surface area (TPSA) is 122 Å². The minimum absolute atomic E-state index is 0.0347. The van der Waals surface area contributed by atoms with Crippen LogP contribution in [0.5, 0.6) is 5.75 Å². The highest BCUT2D eigenvalue weighted by Crippen LogP contribution is 2.32. The Morgan fingerprint density at radius 3 is 2.64 bits per heavy atom. The Kier molecular flexibility index (Phi) is 8.41. The number of ether oxygens (including phenoxy) is 2. The lowest BCUT2D eigenvalue weighted by atomic mass is 9.95. The van der Waals surface area contributed by atoms with E-state index in [1.807, 2.05) is 6.07 Å². The first kappa shape index (κ1) is 26.8. The minimum Gasteiger partial charge on any atom is -0.496 e. The molecule has 0 aliphatic rings. The number of aromatic amines is 1. The molecule has 0 spiro atoms. The van der Waals surface area contributed by atoms with Gasteiger partial charge >= 0.3 is 5.97 Å². The van der Waals surface area contributed by atoms with Crippen molar-refractivity contribution >= 4 is 23.2 Å². The molecule has 0 fully saturated rings. The number of nitrogens with one attached hydrogen (secondary N) is 2. The first-order valence-corrected chi connectivity index (χ1v) is 12.3. The van der Waals surface area contributed by atoms with Crippen molar-refractivity contribution in [1.29, 1.82) is 5.26 Å². The van der Waals surface area contributed by atoms with E-state index in [4.69, 9.17) is 9.47 Å². The monoisotopic (exact) mass is 493 g/mol. The first-order chi connectivity index (χ1) is 17.1. The van der Waals surface area contributed by atoms with Gasteiger partial charge in [0.25, 0.3) is 0 Å². The molecule has 1 aromatic carbocycles. The maximum absolute atomic E-state index is 12.8. The summed E-state index contributed by atoms with van der Waals surface area (Å²) in [5, 5.41) is 17.0. The number of esters is 1. The maximum atomic E-state index is 12.8. The van der Waals surface area contributed by atoms with Crippen LogP contribution in [-0.4, -0.2) is 39.2 Å². The summed E-state index contributed by atoms with van der Waals surface area (Å²) >= 11 is 0. The number of carbonyl (C=O) groups is 2. The highest BCUT2D eigenvalue weighted by molar-refractivity contribution is 5.99. The second kappa shape index (κ2) is 11.3. The molecule has 9 nitrogen and oxygen atoms in total. The summed E-state index contributed by atoms with van der Waals surface area (Å²) in [6.45, 7) is 9.56. The van der Waals surface area contributed by atoms with Crippen LogP contribution in [0.15, 0.2) is 24.4 Å². The number of methoxy groups -OCH3 is 1. The summed E-state index contributed by atoms with van der Waals surface area (Å²) in [5.74, 6) is 0.668. The van der Waals surface area contributed by atoms with Crippen molar-refractivity contribution in [2.24, 2.45) is 5.92 Å². The fourth-order valence-electron chi connectivity index (χ4n) is 4.07. The zero-order valence-electron chi connectivity index (χ0n) is 21.9. The number of aromatic nitrogens is 3. The molecular weight excluding hydrogens is 458 g/mol. The lowest BCUT2D eigenvalue weighted by molar-refractivity contribution is -0.117. The molecule has 9 heteroatoms. The Morgan fingerprint density at radius 2 is 2.03 bits per heavy atom. The zero-order chi connectivity index (χ0) is 26.5. The average molecular weight is 494 g/mol. The molecule has 2 aromatic heterocycles. The summed E-state index contributed by atoms with van der Waals surface area (Å²) < 4.78 is 12.5. The third kappa shape index (κ3) is 6.25. The van der Waals surface area contributed by atoms with Gasteiger partial charge < -0.3 is 19.8 Å². The quantitative estimate of drug-likeness (QED) is 0.349. The van der Waals surface area contributed by atoms with Crippen molar-refractivity contribution in [3.05, 3.63) is 35.5 Å². The standard InChI is InChI=1S/C27H35N5O4/c1-7-9-10-17(8-2)13-22(33)29-19-11-12-21(35-6)20(14-19)24-30-25-23(26(34)36-27(3,4)5)18(15-28)16-32(25)31-24/h11-12,14,16-17H,7-10,13H2,1-6H3,(H,29,33)(H,30,31). The van der Waals surface area contributed by atoms with Crippen molar-refractivity contribution < 1.29 is 19.1 Å². The normalized spacial score (nSPS) is 12.2. The minimum atomic E-state index is -0.718. The lowest BCUT2D eigenvalue weighted by Crippen LogP contribution is -2.24. The number of nitriles is 1. The number of nitrogens with zero attached hydrogens (tertiary/aromatic N) is 3. The number of H-pyrrole nitrogens is 1. The van der Waals surface area contributed by atoms with E-state index in [1.54, 1.807) is 46.1 Å². The molecule has 0 bridgehead atoms. The van der Waals surface area contributed by atoms with E-state index < -0.39 is 11.6 Å². The van der Waals surface area contributed by atoms with E-state index in [-0.39, 0.29) is 17.0 Å². The molecule has 3 aromatic rings. The number of hydrogen-bond donors (Lipinski definition) is 2. The number of amides is 1. The number of benzene rings is 1. The van der Waals surface area contributed by atoms with Crippen molar-refractivity contribution in [2.75, 3.05) is 12.4 Å². The molecule has 192 valence electrons. The van der Waals surface area contributed by atoms with Gasteiger partial charge in [-0.2, -0.15) is 5.26 Å². The molecule has 2 heterocycles. The number of unbranched alkanes of at least 4 members (excludes halogenated alkanes) is 1. The van der Waals surface area contributed by atoms with Gasteiger partial charge in [-0.1, -0.05) is 33.1 Å². The largest absolute Gasteiger partial charge is 0.496 e. The molecule has 1 unspecified atom stereocenters. The summed E-state index contributed by atoms with van der Waals surface area (Å²) in [6.07, 6.45) is 6.18. The summed E-state index contributed by atoms with van der Waals surface area (Å²) in [4.78, 5) is 28.7. The molecule has 3 rings (SSSR count). The van der Waals surface area contributed by atoms with Gasteiger partial charge in [0.05, 0.1) is 18.2 Å². The van der Waals surface area contributed by atoms with Crippen molar-refractivity contribution in [3.8, 4) is 23.2 Å². The second-order valence-electron chi connectivity index (χ2n) is 9.88. The SMILES string of the molecule is CCCCC(CC)CC(=O)Nc1ccc(OC)c(-c2nn3cc(C#N)c(C(=O)OC(C)(C)C)c3[nH]2)c1. The average Bonchev–Trinajstić information content (AvgIpc) is 3.38. The summed E-state index contributed by atoms with van der Waals surface area (Å²) in [6, 6.07) is 7.34. The molecular formula is C27H35N5O4. The van der Waals surface area contributed by atoms with Crippen LogP contribution in [-0.2, 0) is 9.53 Å². The van der Waals surface area contributed by atoms with E-state index in [9.17, 15) is 14.9 Å². The molecule has 0 radical (unpaired) electrons. The van der Waals surface area contributed by atoms with Crippen LogP contribution in [0.1, 0.15) is 82.6 Å². The van der Waals surface area contributed by atoms with Gasteiger partial charge in [-0.15, -0.1) is 5.10 Å². The molecule has 0 saturated heterocycles. The van der Waals surface area contributed by atoms with Gasteiger partial charge in [0.2, 0.25) is 5.91 Å². The number of rotatable bonds is 10. The number of fused-ring (bicyclic) bond motifs is 1. The predicted octanol–water partition coefficient (Wildman–Crippen LogP) is 5.71. The Bertz CT molecular complexity index is 1280. The van der Waals surface area contributed by atoms with Crippen LogP contribution in [0.3, 0.4) is 0 Å². The number of anilines is 1. The van der Waals surface area contributed by atoms with Crippen molar-refractivity contribution in [3.63, 3.8) is 0 Å². The van der Waals surface area contributed by atoms with Gasteiger partial charge in [-0.3, -0.25) is 4.79 Å². The molecule has 36 heavy (non-hydrogen) atoms. The second-order valence-corrected chi connectivity index (χ2v) is 9.88. The molecule has 1 atom stereocenters. The van der Waals surface area contributed by atoms with Crippen LogP contribution in [0.4, 0.5) is 5.69 Å². The van der Waals surface area contributed by atoms with Gasteiger partial charge in [0.15, 0.2) is 5.82 Å². The third-order valence-electron chi connectivity index (χ3n) is 5.91.